The van der Waals surface area contributed by atoms with Crippen molar-refractivity contribution >= 4 is 18.0 Å². The van der Waals surface area contributed by atoms with Crippen LogP contribution in [0.2, 0.25) is 0 Å². The summed E-state index contributed by atoms with van der Waals surface area (Å²) in [7, 11) is 0. The molecule has 0 saturated heterocycles. The zero-order chi connectivity index (χ0) is 21.0. The number of alkyl halides is 2. The molecule has 9 heteroatoms. The van der Waals surface area contributed by atoms with Gasteiger partial charge in [0.15, 0.2) is 0 Å². The fraction of sp³-hybridized carbons (Fsp3) is 0.250. The number of alkyl carbamates (subject to hydrolysis) is 1. The summed E-state index contributed by atoms with van der Waals surface area (Å²) in [5.41, 5.74) is 4.00. The number of carbonyl (C=O) groups is 3. The zero-order valence-electron chi connectivity index (χ0n) is 15.2. The molecule has 3 N–H and O–H groups in total. The molecule has 152 valence electrons. The molecule has 0 fully saturated rings. The maximum absolute atomic E-state index is 13.7. The molecule has 7 nitrogen and oxygen atoms in total. The van der Waals surface area contributed by atoms with Gasteiger partial charge < -0.3 is 20.5 Å². The average molecular weight is 404 g/mol. The van der Waals surface area contributed by atoms with E-state index in [0.717, 1.165) is 22.3 Å². The molecule has 0 aliphatic heterocycles. The molecule has 0 bridgehead atoms. The van der Waals surface area contributed by atoms with Crippen molar-refractivity contribution in [1.29, 1.82) is 0 Å². The molecule has 1 aliphatic rings. The second-order valence-electron chi connectivity index (χ2n) is 6.46. The molecule has 0 atom stereocenters. The lowest BCUT2D eigenvalue weighted by molar-refractivity contribution is -0.147. The lowest BCUT2D eigenvalue weighted by atomic mass is 9.98. The Kier molecular flexibility index (Phi) is 5.76. The first-order chi connectivity index (χ1) is 13.8. The highest BCUT2D eigenvalue weighted by atomic mass is 19.3. The summed E-state index contributed by atoms with van der Waals surface area (Å²) in [6, 6.07) is 15.3. The quantitative estimate of drug-likeness (QED) is 0.657. The lowest BCUT2D eigenvalue weighted by Crippen LogP contribution is -2.49. The van der Waals surface area contributed by atoms with Crippen molar-refractivity contribution in [2.45, 2.75) is 11.8 Å². The van der Waals surface area contributed by atoms with Crippen LogP contribution in [0.5, 0.6) is 0 Å². The molecule has 29 heavy (non-hydrogen) atoms. The minimum absolute atomic E-state index is 0.0589. The summed E-state index contributed by atoms with van der Waals surface area (Å²) in [6.07, 6.45) is -1.10. The van der Waals surface area contributed by atoms with Crippen LogP contribution >= 0.6 is 0 Å². The molecule has 0 spiro atoms. The van der Waals surface area contributed by atoms with Gasteiger partial charge in [0, 0.05) is 5.92 Å². The molecule has 0 unspecified atom stereocenters. The second kappa shape index (κ2) is 8.26. The highest BCUT2D eigenvalue weighted by Gasteiger charge is 2.39. The molecular weight excluding hydrogens is 386 g/mol. The van der Waals surface area contributed by atoms with Gasteiger partial charge in [-0.1, -0.05) is 48.5 Å². The van der Waals surface area contributed by atoms with Gasteiger partial charge in [-0.25, -0.2) is 4.79 Å². The Morgan fingerprint density at radius 2 is 1.52 bits per heavy atom. The van der Waals surface area contributed by atoms with Gasteiger partial charge in [-0.05, 0) is 22.3 Å². The summed E-state index contributed by atoms with van der Waals surface area (Å²) in [5, 5.41) is 11.8. The van der Waals surface area contributed by atoms with E-state index in [9.17, 15) is 23.2 Å². The van der Waals surface area contributed by atoms with E-state index in [0.29, 0.717) is 0 Å². The summed E-state index contributed by atoms with van der Waals surface area (Å²) < 4.78 is 32.5. The Balaban J connectivity index is 1.57. The van der Waals surface area contributed by atoms with Gasteiger partial charge in [-0.3, -0.25) is 9.59 Å². The Labute approximate surface area is 164 Å². The number of carboxylic acid groups (broad SMARTS) is 1. The van der Waals surface area contributed by atoms with Crippen LogP contribution < -0.4 is 10.6 Å². The third-order valence-corrected chi connectivity index (χ3v) is 4.53. The number of amides is 2. The number of hydrogen-bond acceptors (Lipinski definition) is 4. The predicted molar refractivity (Wildman–Crippen MR) is 98.7 cm³/mol. The van der Waals surface area contributed by atoms with Crippen LogP contribution in [0.25, 0.3) is 11.1 Å². The number of carboxylic acids is 1. The van der Waals surface area contributed by atoms with Crippen LogP contribution in [0.15, 0.2) is 48.5 Å². The number of aliphatic carboxylic acids is 1. The molecule has 0 heterocycles. The summed E-state index contributed by atoms with van der Waals surface area (Å²) in [6.45, 7) is -2.31. The molecule has 3 rings (SSSR count). The Hall–Kier alpha value is -3.49. The standard InChI is InChI=1S/C20H18F2N2O5/c21-20(22,18(27)23-9-17(25)26)11-24-19(28)29-10-16-14-7-3-1-5-12(14)13-6-2-4-8-15(13)16/h1-8,16H,9-11H2,(H,23,27)(H,24,28)(H,25,26). The van der Waals surface area contributed by atoms with Crippen molar-refractivity contribution in [1.82, 2.24) is 10.6 Å². The average Bonchev–Trinajstić information content (AvgIpc) is 3.03. The van der Waals surface area contributed by atoms with E-state index >= 15 is 0 Å². The summed E-state index contributed by atoms with van der Waals surface area (Å²) >= 11 is 0. The van der Waals surface area contributed by atoms with Gasteiger partial charge in [0.1, 0.15) is 13.2 Å². The molecule has 1 aliphatic carbocycles. The van der Waals surface area contributed by atoms with E-state index in [4.69, 9.17) is 9.84 Å². The van der Waals surface area contributed by atoms with E-state index < -0.39 is 37.0 Å². The fourth-order valence-corrected chi connectivity index (χ4v) is 3.20. The monoisotopic (exact) mass is 404 g/mol. The third-order valence-electron chi connectivity index (χ3n) is 4.53. The zero-order valence-corrected chi connectivity index (χ0v) is 15.2. The van der Waals surface area contributed by atoms with E-state index in [1.165, 1.54) is 0 Å². The van der Waals surface area contributed by atoms with Crippen LogP contribution in [0.3, 0.4) is 0 Å². The lowest BCUT2D eigenvalue weighted by Gasteiger charge is -2.17. The topological polar surface area (TPSA) is 105 Å². The predicted octanol–water partition coefficient (Wildman–Crippen LogP) is 2.36. The largest absolute Gasteiger partial charge is 0.480 e. The smallest absolute Gasteiger partial charge is 0.407 e. The van der Waals surface area contributed by atoms with Crippen LogP contribution in [0, 0.1) is 0 Å². The fourth-order valence-electron chi connectivity index (χ4n) is 3.20. The summed E-state index contributed by atoms with van der Waals surface area (Å²) in [4.78, 5) is 33.5. The molecular formula is C20H18F2N2O5. The number of halogens is 2. The van der Waals surface area contributed by atoms with Gasteiger partial charge in [0.2, 0.25) is 0 Å². The number of fused-ring (bicyclic) bond motifs is 3. The minimum Gasteiger partial charge on any atom is -0.480 e. The van der Waals surface area contributed by atoms with Crippen molar-refractivity contribution < 1.29 is 33.0 Å². The first kappa shape index (κ1) is 20.2. The Morgan fingerprint density at radius 3 is 2.07 bits per heavy atom. The third kappa shape index (κ3) is 4.50. The van der Waals surface area contributed by atoms with E-state index in [1.54, 1.807) is 5.32 Å². The number of ether oxygens (including phenoxy) is 1. The normalized spacial score (nSPS) is 12.6. The molecule has 0 aromatic heterocycles. The number of carbonyl (C=O) groups excluding carboxylic acids is 2. The van der Waals surface area contributed by atoms with E-state index in [-0.39, 0.29) is 12.5 Å². The SMILES string of the molecule is O=C(O)CNC(=O)C(F)(F)CNC(=O)OCC1c2ccccc2-c2ccccc21. The molecule has 2 aromatic rings. The van der Waals surface area contributed by atoms with Gasteiger partial charge in [-0.2, -0.15) is 8.78 Å². The number of rotatable bonds is 7. The van der Waals surface area contributed by atoms with Gasteiger partial charge in [-0.15, -0.1) is 0 Å². The first-order valence-corrected chi connectivity index (χ1v) is 8.76. The van der Waals surface area contributed by atoms with Crippen LogP contribution in [-0.4, -0.2) is 48.7 Å². The number of benzene rings is 2. The molecule has 2 amide bonds. The molecule has 0 radical (unpaired) electrons. The van der Waals surface area contributed by atoms with E-state index in [1.807, 2.05) is 53.8 Å². The highest BCUT2D eigenvalue weighted by molar-refractivity contribution is 5.87. The second-order valence-corrected chi connectivity index (χ2v) is 6.46. The van der Waals surface area contributed by atoms with Gasteiger partial charge in [0.25, 0.3) is 5.91 Å². The molecule has 0 saturated carbocycles. The Bertz CT molecular complexity index is 902. The summed E-state index contributed by atoms with van der Waals surface area (Å²) in [5.74, 6) is -7.45. The van der Waals surface area contributed by atoms with Crippen molar-refractivity contribution in [2.24, 2.45) is 0 Å². The van der Waals surface area contributed by atoms with Crippen molar-refractivity contribution in [3.05, 3.63) is 59.7 Å². The Morgan fingerprint density at radius 1 is 0.966 bits per heavy atom. The number of nitrogens with one attached hydrogen (secondary N) is 2. The minimum atomic E-state index is -3.97. The van der Waals surface area contributed by atoms with Crippen molar-refractivity contribution in [3.63, 3.8) is 0 Å². The van der Waals surface area contributed by atoms with Gasteiger partial charge >= 0.3 is 18.0 Å². The maximum Gasteiger partial charge on any atom is 0.407 e. The van der Waals surface area contributed by atoms with Gasteiger partial charge in [0.05, 0.1) is 6.54 Å². The van der Waals surface area contributed by atoms with Crippen LogP contribution in [0.1, 0.15) is 17.0 Å². The van der Waals surface area contributed by atoms with Crippen molar-refractivity contribution in [3.8, 4) is 11.1 Å². The maximum atomic E-state index is 13.7. The van der Waals surface area contributed by atoms with E-state index in [2.05, 4.69) is 0 Å². The van der Waals surface area contributed by atoms with Crippen molar-refractivity contribution in [2.75, 3.05) is 19.7 Å². The molecule has 2 aromatic carbocycles. The first-order valence-electron chi connectivity index (χ1n) is 8.76. The highest BCUT2D eigenvalue weighted by Crippen LogP contribution is 2.44. The van der Waals surface area contributed by atoms with Crippen LogP contribution in [0.4, 0.5) is 13.6 Å². The van der Waals surface area contributed by atoms with Crippen LogP contribution in [-0.2, 0) is 14.3 Å². The number of hydrogen-bond donors (Lipinski definition) is 3.